The van der Waals surface area contributed by atoms with Gasteiger partial charge in [-0.05, 0) is 43.0 Å². The standard InChI is InChI=1S/C14H19FOS/c15-12-6-8-13(9-7-12)17-10-14(16)11-4-2-1-3-5-11/h6-9,11,14,16H,1-5,10H2. The molecular formula is C14H19FOS. The molecule has 1 N–H and O–H groups in total. The van der Waals surface area contributed by atoms with Crippen molar-refractivity contribution in [1.82, 2.24) is 0 Å². The highest BCUT2D eigenvalue weighted by atomic mass is 32.2. The summed E-state index contributed by atoms with van der Waals surface area (Å²) in [5.41, 5.74) is 0. The average molecular weight is 254 g/mol. The van der Waals surface area contributed by atoms with Gasteiger partial charge in [-0.25, -0.2) is 4.39 Å². The third-order valence-electron chi connectivity index (χ3n) is 3.43. The van der Waals surface area contributed by atoms with Crippen LogP contribution >= 0.6 is 11.8 Å². The first-order chi connectivity index (χ1) is 8.25. The van der Waals surface area contributed by atoms with Gasteiger partial charge in [0.15, 0.2) is 0 Å². The molecule has 0 aliphatic heterocycles. The molecule has 1 aromatic rings. The van der Waals surface area contributed by atoms with E-state index < -0.39 is 0 Å². The molecule has 1 unspecified atom stereocenters. The van der Waals surface area contributed by atoms with Gasteiger partial charge in [-0.2, -0.15) is 0 Å². The van der Waals surface area contributed by atoms with Gasteiger partial charge in [0, 0.05) is 10.6 Å². The Labute approximate surface area is 106 Å². The number of hydrogen-bond acceptors (Lipinski definition) is 2. The van der Waals surface area contributed by atoms with E-state index in [-0.39, 0.29) is 11.9 Å². The summed E-state index contributed by atoms with van der Waals surface area (Å²) in [6, 6.07) is 6.48. The van der Waals surface area contributed by atoms with Crippen LogP contribution in [-0.2, 0) is 0 Å². The van der Waals surface area contributed by atoms with Gasteiger partial charge in [0.25, 0.3) is 0 Å². The third kappa shape index (κ3) is 4.00. The molecule has 1 nitrogen and oxygen atoms in total. The van der Waals surface area contributed by atoms with Crippen LogP contribution in [0.1, 0.15) is 32.1 Å². The minimum atomic E-state index is -0.217. The Hall–Kier alpha value is -0.540. The van der Waals surface area contributed by atoms with E-state index in [4.69, 9.17) is 0 Å². The fourth-order valence-electron chi connectivity index (χ4n) is 2.37. The van der Waals surface area contributed by atoms with Crippen molar-refractivity contribution in [2.24, 2.45) is 5.92 Å². The molecule has 1 aliphatic carbocycles. The van der Waals surface area contributed by atoms with Crippen LogP contribution < -0.4 is 0 Å². The lowest BCUT2D eigenvalue weighted by Crippen LogP contribution is -2.24. The molecule has 0 radical (unpaired) electrons. The summed E-state index contributed by atoms with van der Waals surface area (Å²) in [6.07, 6.45) is 5.92. The Morgan fingerprint density at radius 3 is 2.47 bits per heavy atom. The largest absolute Gasteiger partial charge is 0.392 e. The van der Waals surface area contributed by atoms with E-state index in [9.17, 15) is 9.50 Å². The first-order valence-corrected chi connectivity index (χ1v) is 7.31. The summed E-state index contributed by atoms with van der Waals surface area (Å²) < 4.78 is 12.7. The first kappa shape index (κ1) is 12.9. The molecule has 3 heteroatoms. The molecule has 1 fully saturated rings. The van der Waals surface area contributed by atoms with E-state index in [1.54, 1.807) is 23.9 Å². The lowest BCUT2D eigenvalue weighted by Gasteiger charge is -2.26. The second kappa shape index (κ2) is 6.41. The molecule has 0 saturated heterocycles. The van der Waals surface area contributed by atoms with Crippen LogP contribution in [0.2, 0.25) is 0 Å². The van der Waals surface area contributed by atoms with Crippen LogP contribution in [0.5, 0.6) is 0 Å². The maximum Gasteiger partial charge on any atom is 0.123 e. The summed E-state index contributed by atoms with van der Waals surface area (Å²) in [7, 11) is 0. The summed E-state index contributed by atoms with van der Waals surface area (Å²) in [6.45, 7) is 0. The molecular weight excluding hydrogens is 235 g/mol. The molecule has 94 valence electrons. The second-order valence-corrected chi connectivity index (χ2v) is 5.82. The predicted molar refractivity (Wildman–Crippen MR) is 69.7 cm³/mol. The van der Waals surface area contributed by atoms with Gasteiger partial charge in [-0.15, -0.1) is 11.8 Å². The minimum absolute atomic E-state index is 0.206. The molecule has 1 aliphatic rings. The minimum Gasteiger partial charge on any atom is -0.392 e. The maximum atomic E-state index is 12.7. The average Bonchev–Trinajstić information content (AvgIpc) is 2.39. The Kier molecular flexibility index (Phi) is 4.86. The van der Waals surface area contributed by atoms with Crippen molar-refractivity contribution < 1.29 is 9.50 Å². The fraction of sp³-hybridized carbons (Fsp3) is 0.571. The Bertz CT molecular complexity index is 333. The third-order valence-corrected chi connectivity index (χ3v) is 4.54. The molecule has 0 bridgehead atoms. The van der Waals surface area contributed by atoms with Crippen molar-refractivity contribution in [3.8, 4) is 0 Å². The van der Waals surface area contributed by atoms with Crippen molar-refractivity contribution in [2.45, 2.75) is 43.1 Å². The normalized spacial score (nSPS) is 19.2. The first-order valence-electron chi connectivity index (χ1n) is 6.32. The number of rotatable bonds is 4. The monoisotopic (exact) mass is 254 g/mol. The summed E-state index contributed by atoms with van der Waals surface area (Å²) >= 11 is 1.61. The smallest absolute Gasteiger partial charge is 0.123 e. The number of halogens is 1. The molecule has 0 heterocycles. The Morgan fingerprint density at radius 2 is 1.82 bits per heavy atom. The van der Waals surface area contributed by atoms with Gasteiger partial charge in [-0.1, -0.05) is 19.3 Å². The molecule has 1 saturated carbocycles. The Balaban J connectivity index is 1.78. The topological polar surface area (TPSA) is 20.2 Å². The molecule has 1 atom stereocenters. The van der Waals surface area contributed by atoms with Crippen LogP contribution in [0.3, 0.4) is 0 Å². The Morgan fingerprint density at radius 1 is 1.18 bits per heavy atom. The van der Waals surface area contributed by atoms with Gasteiger partial charge in [0.1, 0.15) is 5.82 Å². The summed E-state index contributed by atoms with van der Waals surface area (Å²) in [4.78, 5) is 1.03. The molecule has 17 heavy (non-hydrogen) atoms. The maximum absolute atomic E-state index is 12.7. The highest BCUT2D eigenvalue weighted by molar-refractivity contribution is 7.99. The number of thioether (sulfide) groups is 1. The molecule has 0 amide bonds. The lowest BCUT2D eigenvalue weighted by molar-refractivity contribution is 0.105. The van der Waals surface area contributed by atoms with E-state index in [1.807, 2.05) is 0 Å². The van der Waals surface area contributed by atoms with Gasteiger partial charge >= 0.3 is 0 Å². The zero-order valence-corrected chi connectivity index (χ0v) is 10.8. The molecule has 0 aromatic heterocycles. The van der Waals surface area contributed by atoms with E-state index in [0.717, 1.165) is 23.5 Å². The van der Waals surface area contributed by atoms with E-state index in [0.29, 0.717) is 5.92 Å². The van der Waals surface area contributed by atoms with Crippen molar-refractivity contribution in [3.05, 3.63) is 30.1 Å². The highest BCUT2D eigenvalue weighted by Crippen LogP contribution is 2.29. The van der Waals surface area contributed by atoms with E-state index in [1.165, 1.54) is 31.4 Å². The van der Waals surface area contributed by atoms with Crippen LogP contribution in [-0.4, -0.2) is 17.0 Å². The predicted octanol–water partition coefficient (Wildman–Crippen LogP) is 3.86. The number of benzene rings is 1. The van der Waals surface area contributed by atoms with Crippen LogP contribution in [0, 0.1) is 11.7 Å². The van der Waals surface area contributed by atoms with E-state index >= 15 is 0 Å². The number of aliphatic hydroxyl groups is 1. The molecule has 0 spiro atoms. The summed E-state index contributed by atoms with van der Waals surface area (Å²) in [5.74, 6) is 0.981. The quantitative estimate of drug-likeness (QED) is 0.823. The fourth-order valence-corrected chi connectivity index (χ4v) is 3.33. The molecule has 1 aromatic carbocycles. The number of aliphatic hydroxyl groups excluding tert-OH is 1. The van der Waals surface area contributed by atoms with Crippen LogP contribution in [0.25, 0.3) is 0 Å². The molecule has 2 rings (SSSR count). The van der Waals surface area contributed by atoms with Crippen LogP contribution in [0.15, 0.2) is 29.2 Å². The SMILES string of the molecule is OC(CSc1ccc(F)cc1)C1CCCCC1. The number of hydrogen-bond donors (Lipinski definition) is 1. The zero-order valence-electron chi connectivity index (χ0n) is 9.94. The van der Waals surface area contributed by atoms with Gasteiger partial charge < -0.3 is 5.11 Å². The van der Waals surface area contributed by atoms with Crippen LogP contribution in [0.4, 0.5) is 4.39 Å². The lowest BCUT2D eigenvalue weighted by atomic mass is 9.86. The van der Waals surface area contributed by atoms with Gasteiger partial charge in [-0.3, -0.25) is 0 Å². The highest BCUT2D eigenvalue weighted by Gasteiger charge is 2.21. The van der Waals surface area contributed by atoms with Crippen molar-refractivity contribution in [1.29, 1.82) is 0 Å². The zero-order chi connectivity index (χ0) is 12.1. The van der Waals surface area contributed by atoms with Gasteiger partial charge in [0.2, 0.25) is 0 Å². The van der Waals surface area contributed by atoms with E-state index in [2.05, 4.69) is 0 Å². The van der Waals surface area contributed by atoms with Crippen molar-refractivity contribution in [3.63, 3.8) is 0 Å². The van der Waals surface area contributed by atoms with Gasteiger partial charge in [0.05, 0.1) is 6.10 Å². The summed E-state index contributed by atoms with van der Waals surface area (Å²) in [5, 5.41) is 10.1. The van der Waals surface area contributed by atoms with Crippen molar-refractivity contribution >= 4 is 11.8 Å². The second-order valence-electron chi connectivity index (χ2n) is 4.73. The van der Waals surface area contributed by atoms with Crippen molar-refractivity contribution in [2.75, 3.05) is 5.75 Å².